The molecule has 2 aromatic carbocycles. The minimum atomic E-state index is -1.11. The first kappa shape index (κ1) is 18.2. The molecule has 0 radical (unpaired) electrons. The zero-order valence-electron chi connectivity index (χ0n) is 13.2. The molecule has 0 saturated carbocycles. The molecule has 7 nitrogen and oxygen atoms in total. The lowest BCUT2D eigenvalue weighted by Crippen LogP contribution is -2.33. The average Bonchev–Trinajstić information content (AvgIpc) is 2.60. The van der Waals surface area contributed by atoms with Crippen LogP contribution in [0.2, 0.25) is 5.02 Å². The molecule has 4 N–H and O–H groups in total. The fraction of sp³-hybridized carbons (Fsp3) is 0.0588. The molecule has 128 valence electrons. The molecule has 0 aliphatic carbocycles. The Labute approximate surface area is 148 Å². The van der Waals surface area contributed by atoms with Gasteiger partial charge in [-0.2, -0.15) is 5.10 Å². The largest absolute Gasteiger partial charge is 0.361 e. The summed E-state index contributed by atoms with van der Waals surface area (Å²) < 4.78 is 0. The lowest BCUT2D eigenvalue weighted by atomic mass is 10.1. The molecule has 0 spiro atoms. The summed E-state index contributed by atoms with van der Waals surface area (Å²) in [4.78, 5) is 33.8. The van der Waals surface area contributed by atoms with E-state index in [9.17, 15) is 14.4 Å². The van der Waals surface area contributed by atoms with E-state index < -0.39 is 11.8 Å². The number of rotatable bonds is 4. The number of carbonyl (C=O) groups is 3. The minimum absolute atomic E-state index is 0.261. The summed E-state index contributed by atoms with van der Waals surface area (Å²) in [5.74, 6) is -2.37. The van der Waals surface area contributed by atoms with Crippen LogP contribution < -0.4 is 16.5 Å². The molecular formula is C17H15ClN4O3. The second-order valence-electron chi connectivity index (χ2n) is 5.04. The smallest absolute Gasteiger partial charge is 0.329 e. The summed E-state index contributed by atoms with van der Waals surface area (Å²) in [5.41, 5.74) is 9.12. The van der Waals surface area contributed by atoms with Gasteiger partial charge in [0.15, 0.2) is 0 Å². The van der Waals surface area contributed by atoms with Gasteiger partial charge in [-0.15, -0.1) is 0 Å². The molecule has 3 amide bonds. The Hall–Kier alpha value is -3.19. The fourth-order valence-electron chi connectivity index (χ4n) is 1.85. The van der Waals surface area contributed by atoms with Crippen molar-refractivity contribution in [3.63, 3.8) is 0 Å². The first-order valence-electron chi connectivity index (χ1n) is 7.18. The number of primary amides is 1. The van der Waals surface area contributed by atoms with Crippen molar-refractivity contribution in [3.05, 3.63) is 64.7 Å². The number of carbonyl (C=O) groups excluding carboxylic acids is 3. The van der Waals surface area contributed by atoms with Crippen LogP contribution in [0, 0.1) is 0 Å². The third-order valence-electron chi connectivity index (χ3n) is 3.22. The quantitative estimate of drug-likeness (QED) is 0.440. The van der Waals surface area contributed by atoms with Crippen LogP contribution in [-0.2, 0) is 9.59 Å². The van der Waals surface area contributed by atoms with Crippen LogP contribution in [-0.4, -0.2) is 23.4 Å². The number of nitrogens with zero attached hydrogens (tertiary/aromatic N) is 1. The number of hydrogen-bond donors (Lipinski definition) is 3. The van der Waals surface area contributed by atoms with Crippen molar-refractivity contribution in [2.45, 2.75) is 6.92 Å². The van der Waals surface area contributed by atoms with Gasteiger partial charge >= 0.3 is 11.8 Å². The van der Waals surface area contributed by atoms with Gasteiger partial charge in [-0.3, -0.25) is 14.4 Å². The van der Waals surface area contributed by atoms with E-state index in [1.54, 1.807) is 55.5 Å². The number of hydrogen-bond acceptors (Lipinski definition) is 4. The highest BCUT2D eigenvalue weighted by Gasteiger charge is 2.08. The maximum Gasteiger partial charge on any atom is 0.329 e. The third-order valence-corrected chi connectivity index (χ3v) is 3.47. The number of anilines is 1. The average molecular weight is 359 g/mol. The Kier molecular flexibility index (Phi) is 5.86. The number of nitrogens with one attached hydrogen (secondary N) is 2. The van der Waals surface area contributed by atoms with Crippen molar-refractivity contribution in [3.8, 4) is 0 Å². The molecule has 0 heterocycles. The second kappa shape index (κ2) is 8.07. The van der Waals surface area contributed by atoms with E-state index in [2.05, 4.69) is 10.4 Å². The van der Waals surface area contributed by atoms with Crippen molar-refractivity contribution in [1.82, 2.24) is 5.43 Å². The molecule has 8 heteroatoms. The van der Waals surface area contributed by atoms with Crippen LogP contribution >= 0.6 is 11.6 Å². The van der Waals surface area contributed by atoms with Gasteiger partial charge in [0.05, 0.1) is 5.71 Å². The van der Waals surface area contributed by atoms with Crippen molar-refractivity contribution in [2.75, 3.05) is 5.32 Å². The highest BCUT2D eigenvalue weighted by Crippen LogP contribution is 2.14. The van der Waals surface area contributed by atoms with Crippen LogP contribution in [0.4, 0.5) is 5.69 Å². The second-order valence-corrected chi connectivity index (χ2v) is 5.48. The molecule has 0 unspecified atom stereocenters. The van der Waals surface area contributed by atoms with E-state index in [4.69, 9.17) is 17.3 Å². The molecular weight excluding hydrogens is 344 g/mol. The molecule has 0 saturated heterocycles. The maximum atomic E-state index is 12.1. The van der Waals surface area contributed by atoms with E-state index in [0.29, 0.717) is 27.5 Å². The predicted molar refractivity (Wildman–Crippen MR) is 95.4 cm³/mol. The van der Waals surface area contributed by atoms with Gasteiger partial charge in [0.2, 0.25) is 0 Å². The zero-order valence-corrected chi connectivity index (χ0v) is 14.0. The molecule has 0 fully saturated rings. The van der Waals surface area contributed by atoms with Crippen molar-refractivity contribution in [2.24, 2.45) is 10.8 Å². The third kappa shape index (κ3) is 5.15. The molecule has 25 heavy (non-hydrogen) atoms. The topological polar surface area (TPSA) is 114 Å². The van der Waals surface area contributed by atoms with Gasteiger partial charge < -0.3 is 11.1 Å². The normalized spacial score (nSPS) is 10.9. The number of amides is 3. The van der Waals surface area contributed by atoms with Gasteiger partial charge in [-0.25, -0.2) is 5.43 Å². The summed E-state index contributed by atoms with van der Waals surface area (Å²) in [6.45, 7) is 1.66. The summed E-state index contributed by atoms with van der Waals surface area (Å²) >= 11 is 5.79. The summed E-state index contributed by atoms with van der Waals surface area (Å²) in [6, 6.07) is 13.4. The van der Waals surface area contributed by atoms with E-state index in [0.717, 1.165) is 0 Å². The molecule has 2 aromatic rings. The molecule has 0 aliphatic rings. The number of nitrogens with two attached hydrogens (primary N) is 1. The maximum absolute atomic E-state index is 12.1. The summed E-state index contributed by atoms with van der Waals surface area (Å²) in [7, 11) is 0. The van der Waals surface area contributed by atoms with Gasteiger partial charge in [-0.1, -0.05) is 23.7 Å². The predicted octanol–water partition coefficient (Wildman–Crippen LogP) is 1.92. The number of hydrazone groups is 1. The monoisotopic (exact) mass is 358 g/mol. The van der Waals surface area contributed by atoms with E-state index >= 15 is 0 Å². The Morgan fingerprint density at radius 3 is 2.08 bits per heavy atom. The van der Waals surface area contributed by atoms with Crippen LogP contribution in [0.1, 0.15) is 22.8 Å². The Bertz CT molecular complexity index is 830. The van der Waals surface area contributed by atoms with Crippen LogP contribution in [0.15, 0.2) is 53.6 Å². The van der Waals surface area contributed by atoms with Crippen LogP contribution in [0.25, 0.3) is 0 Å². The van der Waals surface area contributed by atoms with Crippen molar-refractivity contribution >= 4 is 40.7 Å². The van der Waals surface area contributed by atoms with Gasteiger partial charge in [-0.05, 0) is 48.9 Å². The molecule has 0 aliphatic heterocycles. The molecule has 0 aromatic heterocycles. The van der Waals surface area contributed by atoms with Crippen LogP contribution in [0.5, 0.6) is 0 Å². The van der Waals surface area contributed by atoms with Gasteiger partial charge in [0.1, 0.15) is 0 Å². The minimum Gasteiger partial charge on any atom is -0.361 e. The number of halogens is 1. The first-order chi connectivity index (χ1) is 11.9. The van der Waals surface area contributed by atoms with E-state index in [1.807, 2.05) is 5.43 Å². The summed E-state index contributed by atoms with van der Waals surface area (Å²) in [5, 5.41) is 7.09. The fourth-order valence-corrected chi connectivity index (χ4v) is 1.98. The Balaban J connectivity index is 2.03. The van der Waals surface area contributed by atoms with Gasteiger partial charge in [0, 0.05) is 16.3 Å². The Morgan fingerprint density at radius 1 is 0.960 bits per heavy atom. The summed E-state index contributed by atoms with van der Waals surface area (Å²) in [6.07, 6.45) is 0. The molecule has 0 atom stereocenters. The van der Waals surface area contributed by atoms with E-state index in [1.165, 1.54) is 0 Å². The lowest BCUT2D eigenvalue weighted by Gasteiger charge is -2.07. The van der Waals surface area contributed by atoms with Gasteiger partial charge in [0.25, 0.3) is 5.91 Å². The first-order valence-corrected chi connectivity index (χ1v) is 7.56. The molecule has 0 bridgehead atoms. The molecule has 2 rings (SSSR count). The highest BCUT2D eigenvalue weighted by atomic mass is 35.5. The number of benzene rings is 2. The van der Waals surface area contributed by atoms with E-state index in [-0.39, 0.29) is 5.91 Å². The highest BCUT2D eigenvalue weighted by molar-refractivity contribution is 6.34. The Morgan fingerprint density at radius 2 is 1.52 bits per heavy atom. The zero-order chi connectivity index (χ0) is 18.4. The lowest BCUT2D eigenvalue weighted by molar-refractivity contribution is -0.137. The van der Waals surface area contributed by atoms with Crippen molar-refractivity contribution < 1.29 is 14.4 Å². The SMILES string of the molecule is C/C(=N/NC(=O)C(N)=O)c1ccc(NC(=O)c2ccc(Cl)cc2)cc1. The van der Waals surface area contributed by atoms with Crippen LogP contribution in [0.3, 0.4) is 0 Å². The standard InChI is InChI=1S/C17H15ClN4O3/c1-10(21-22-17(25)15(19)23)11-4-8-14(9-5-11)20-16(24)12-2-6-13(18)7-3-12/h2-9H,1H3,(H2,19,23)(H,20,24)(H,22,25)/b21-10-. The van der Waals surface area contributed by atoms with Crippen molar-refractivity contribution in [1.29, 1.82) is 0 Å².